The number of carbonyl (C=O) groups excluding carboxylic acids is 3. The van der Waals surface area contributed by atoms with E-state index in [9.17, 15) is 14.4 Å². The van der Waals surface area contributed by atoms with Crippen LogP contribution in [-0.4, -0.2) is 58.4 Å². The van der Waals surface area contributed by atoms with E-state index in [1.54, 1.807) is 19.1 Å². The SMILES string of the molecule is CCCCCCCCCCCCCCCCNC(=O)C=Cc1ccc(-c2nc(-c3ccc(C4=NOC(C(=O)OCC)C4)cc3)[nH]c2-c2ccc(/C=C/C(=O)OC(C)(C)C)cc2)cc1. The fourth-order valence-corrected chi connectivity index (χ4v) is 7.43. The molecule has 1 aliphatic heterocycles. The lowest BCUT2D eigenvalue weighted by molar-refractivity contribution is -0.155. The van der Waals surface area contributed by atoms with Crippen LogP contribution in [0.2, 0.25) is 0 Å². The van der Waals surface area contributed by atoms with Gasteiger partial charge in [0, 0.05) is 41.8 Å². The predicted molar refractivity (Wildman–Crippen MR) is 255 cm³/mol. The van der Waals surface area contributed by atoms with Crippen molar-refractivity contribution in [2.24, 2.45) is 5.16 Å². The third-order valence-electron chi connectivity index (χ3n) is 10.9. The second kappa shape index (κ2) is 25.4. The fraction of sp³-hybridized carbons (Fsp3) is 0.453. The highest BCUT2D eigenvalue weighted by Gasteiger charge is 2.30. The van der Waals surface area contributed by atoms with Crippen LogP contribution in [0.3, 0.4) is 0 Å². The number of oxime groups is 1. The van der Waals surface area contributed by atoms with Crippen LogP contribution in [0.1, 0.15) is 148 Å². The van der Waals surface area contributed by atoms with E-state index in [1.807, 2.05) is 99.6 Å². The Morgan fingerprint density at radius 1 is 0.698 bits per heavy atom. The van der Waals surface area contributed by atoms with Gasteiger partial charge in [-0.2, -0.15) is 0 Å². The molecular weight excluding hydrogens is 789 g/mol. The normalized spacial score (nSPS) is 13.9. The van der Waals surface area contributed by atoms with Gasteiger partial charge >= 0.3 is 11.9 Å². The van der Waals surface area contributed by atoms with Crippen LogP contribution in [0.15, 0.2) is 90.1 Å². The molecule has 2 heterocycles. The van der Waals surface area contributed by atoms with Crippen LogP contribution in [0.5, 0.6) is 0 Å². The number of benzene rings is 3. The number of ether oxygens (including phenoxy) is 2. The van der Waals surface area contributed by atoms with Crippen molar-refractivity contribution in [2.45, 2.75) is 143 Å². The Morgan fingerprint density at radius 3 is 1.79 bits per heavy atom. The highest BCUT2D eigenvalue weighted by molar-refractivity contribution is 6.03. The lowest BCUT2D eigenvalue weighted by atomic mass is 10.0. The molecule has 2 N–H and O–H groups in total. The number of carbonyl (C=O) groups is 3. The number of nitrogens with zero attached hydrogens (tertiary/aromatic N) is 2. The average Bonchev–Trinajstić information content (AvgIpc) is 3.96. The minimum Gasteiger partial charge on any atom is -0.463 e. The van der Waals surface area contributed by atoms with Gasteiger partial charge in [0.2, 0.25) is 12.0 Å². The number of hydrogen-bond donors (Lipinski definition) is 2. The van der Waals surface area contributed by atoms with Crippen LogP contribution in [0, 0.1) is 0 Å². The highest BCUT2D eigenvalue weighted by atomic mass is 16.7. The van der Waals surface area contributed by atoms with Crippen molar-refractivity contribution in [1.82, 2.24) is 15.3 Å². The molecule has 0 saturated carbocycles. The number of aromatic nitrogens is 2. The summed E-state index contributed by atoms with van der Waals surface area (Å²) in [5.74, 6) is -0.233. The van der Waals surface area contributed by atoms with E-state index in [2.05, 4.69) is 22.4 Å². The first kappa shape index (κ1) is 48.3. The molecule has 5 rings (SSSR count). The maximum absolute atomic E-state index is 12.6. The summed E-state index contributed by atoms with van der Waals surface area (Å²) in [6, 6.07) is 23.7. The number of hydrogen-bond acceptors (Lipinski definition) is 8. The molecular formula is C53H68N4O6. The topological polar surface area (TPSA) is 132 Å². The number of rotatable bonds is 25. The van der Waals surface area contributed by atoms with Crippen molar-refractivity contribution in [1.29, 1.82) is 0 Å². The van der Waals surface area contributed by atoms with Crippen molar-refractivity contribution >= 4 is 35.7 Å². The zero-order chi connectivity index (χ0) is 44.9. The first-order chi connectivity index (χ1) is 30.5. The fourth-order valence-electron chi connectivity index (χ4n) is 7.43. The smallest absolute Gasteiger partial charge is 0.350 e. The second-order valence-electron chi connectivity index (χ2n) is 17.3. The second-order valence-corrected chi connectivity index (χ2v) is 17.3. The quantitative estimate of drug-likeness (QED) is 0.0385. The Balaban J connectivity index is 1.18. The number of amides is 1. The largest absolute Gasteiger partial charge is 0.463 e. The van der Waals surface area contributed by atoms with Crippen molar-refractivity contribution < 1.29 is 28.7 Å². The summed E-state index contributed by atoms with van der Waals surface area (Å²) in [6.45, 7) is 10.5. The third kappa shape index (κ3) is 16.5. The van der Waals surface area contributed by atoms with Crippen molar-refractivity contribution in [2.75, 3.05) is 13.2 Å². The number of nitrogens with one attached hydrogen (secondary N) is 2. The maximum atomic E-state index is 12.6. The van der Waals surface area contributed by atoms with Crippen molar-refractivity contribution in [3.63, 3.8) is 0 Å². The molecule has 0 saturated heterocycles. The van der Waals surface area contributed by atoms with Crippen molar-refractivity contribution in [3.05, 3.63) is 102 Å². The molecule has 4 aromatic rings. The number of imidazole rings is 1. The Hall–Kier alpha value is -5.77. The Bertz CT molecular complexity index is 2130. The monoisotopic (exact) mass is 857 g/mol. The van der Waals surface area contributed by atoms with Gasteiger partial charge in [-0.1, -0.05) is 168 Å². The summed E-state index contributed by atoms with van der Waals surface area (Å²) < 4.78 is 10.5. The Kier molecular flexibility index (Phi) is 19.4. The van der Waals surface area contributed by atoms with Crippen LogP contribution in [0.25, 0.3) is 46.1 Å². The molecule has 0 spiro atoms. The van der Waals surface area contributed by atoms with E-state index in [0.29, 0.717) is 24.5 Å². The number of H-pyrrole nitrogens is 1. The van der Waals surface area contributed by atoms with Gasteiger partial charge in [0.25, 0.3) is 0 Å². The molecule has 10 heteroatoms. The molecule has 1 unspecified atom stereocenters. The zero-order valence-electron chi connectivity index (χ0n) is 38.2. The Labute approximate surface area is 375 Å². The summed E-state index contributed by atoms with van der Waals surface area (Å²) in [7, 11) is 0. The molecule has 0 fully saturated rings. The maximum Gasteiger partial charge on any atom is 0.350 e. The number of unbranched alkanes of at least 4 members (excludes halogenated alkanes) is 13. The lowest BCUT2D eigenvalue weighted by Crippen LogP contribution is -2.23. The van der Waals surface area contributed by atoms with Gasteiger partial charge in [-0.3, -0.25) is 4.79 Å². The zero-order valence-corrected chi connectivity index (χ0v) is 38.2. The minimum absolute atomic E-state index is 0.0882. The minimum atomic E-state index is -0.739. The van der Waals surface area contributed by atoms with E-state index in [0.717, 1.165) is 57.6 Å². The molecule has 0 radical (unpaired) electrons. The van der Waals surface area contributed by atoms with E-state index >= 15 is 0 Å². The molecule has 1 aromatic heterocycles. The molecule has 10 nitrogen and oxygen atoms in total. The van der Waals surface area contributed by atoms with Crippen molar-refractivity contribution in [3.8, 4) is 33.9 Å². The number of esters is 2. The first-order valence-corrected chi connectivity index (χ1v) is 23.2. The van der Waals surface area contributed by atoms with E-state index in [-0.39, 0.29) is 12.5 Å². The van der Waals surface area contributed by atoms with Gasteiger partial charge in [-0.25, -0.2) is 14.6 Å². The standard InChI is InChI=1S/C53H68N4O6/c1-6-8-9-10-11-12-13-14-15-16-17-18-19-20-37-54-47(58)35-25-39-21-27-42(28-22-39)49-50(43-29-23-40(24-30-43)26-36-48(59)62-53(3,4)5)56-51(55-49)44-33-31-41(32-34-44)45-38-46(63-57-45)52(60)61-7-2/h21-36,46H,6-20,37-38H2,1-5H3,(H,54,58)(H,55,56)/b35-25?,36-26+. The number of aromatic amines is 1. The average molecular weight is 857 g/mol. The van der Waals surface area contributed by atoms with Crippen LogP contribution in [0.4, 0.5) is 0 Å². The van der Waals surface area contributed by atoms with E-state index in [4.69, 9.17) is 19.3 Å². The summed E-state index contributed by atoms with van der Waals surface area (Å²) in [6.07, 6.45) is 24.5. The van der Waals surface area contributed by atoms with Gasteiger partial charge in [-0.15, -0.1) is 0 Å². The predicted octanol–water partition coefficient (Wildman–Crippen LogP) is 12.4. The van der Waals surface area contributed by atoms with Gasteiger partial charge < -0.3 is 24.6 Å². The molecule has 3 aromatic carbocycles. The van der Waals surface area contributed by atoms with Crippen LogP contribution >= 0.6 is 0 Å². The summed E-state index contributed by atoms with van der Waals surface area (Å²) >= 11 is 0. The molecule has 0 bridgehead atoms. The highest BCUT2D eigenvalue weighted by Crippen LogP contribution is 2.34. The molecule has 1 aliphatic rings. The van der Waals surface area contributed by atoms with E-state index in [1.165, 1.54) is 83.1 Å². The lowest BCUT2D eigenvalue weighted by Gasteiger charge is -2.17. The van der Waals surface area contributed by atoms with E-state index < -0.39 is 23.6 Å². The van der Waals surface area contributed by atoms with Crippen LogP contribution in [-0.2, 0) is 28.7 Å². The molecule has 63 heavy (non-hydrogen) atoms. The summed E-state index contributed by atoms with van der Waals surface area (Å²) in [5, 5.41) is 7.18. The third-order valence-corrected chi connectivity index (χ3v) is 10.9. The van der Waals surface area contributed by atoms with Crippen LogP contribution < -0.4 is 5.32 Å². The molecule has 0 aliphatic carbocycles. The molecule has 1 amide bonds. The first-order valence-electron chi connectivity index (χ1n) is 23.2. The van der Waals surface area contributed by atoms with Gasteiger partial charge in [0.15, 0.2) is 0 Å². The van der Waals surface area contributed by atoms with Gasteiger partial charge in [-0.05, 0) is 63.0 Å². The summed E-state index contributed by atoms with van der Waals surface area (Å²) in [4.78, 5) is 51.1. The molecule has 1 atom stereocenters. The Morgan fingerprint density at radius 2 is 1.22 bits per heavy atom. The van der Waals surface area contributed by atoms with Gasteiger partial charge in [0.1, 0.15) is 11.4 Å². The van der Waals surface area contributed by atoms with Gasteiger partial charge in [0.05, 0.1) is 23.7 Å². The summed E-state index contributed by atoms with van der Waals surface area (Å²) in [5.41, 5.74) is 6.99. The molecule has 336 valence electrons.